The van der Waals surface area contributed by atoms with Crippen LogP contribution in [-0.4, -0.2) is 18.5 Å². The predicted octanol–water partition coefficient (Wildman–Crippen LogP) is 1.70. The summed E-state index contributed by atoms with van der Waals surface area (Å²) >= 11 is 0. The number of nitrogens with two attached hydrogens (primary N) is 1. The number of aryl methyl sites for hydroxylation is 1. The van der Waals surface area contributed by atoms with Gasteiger partial charge in [0.1, 0.15) is 0 Å². The fourth-order valence-corrected chi connectivity index (χ4v) is 1.56. The number of carbonyl (C=O) groups excluding carboxylic acids is 1. The molecule has 0 aliphatic rings. The predicted molar refractivity (Wildman–Crippen MR) is 62.9 cm³/mol. The van der Waals surface area contributed by atoms with Crippen LogP contribution >= 0.6 is 0 Å². The minimum atomic E-state index is -0.454. The molecule has 0 radical (unpaired) electrons. The Hall–Kier alpha value is -1.35. The average molecular weight is 206 g/mol. The van der Waals surface area contributed by atoms with E-state index in [9.17, 15) is 4.79 Å². The monoisotopic (exact) mass is 206 g/mol. The zero-order valence-electron chi connectivity index (χ0n) is 9.53. The second-order valence-corrected chi connectivity index (χ2v) is 3.66. The van der Waals surface area contributed by atoms with Gasteiger partial charge in [-0.05, 0) is 32.4 Å². The Morgan fingerprint density at radius 1 is 1.47 bits per heavy atom. The summed E-state index contributed by atoms with van der Waals surface area (Å²) in [5.74, 6) is -0.0354. The largest absolute Gasteiger partial charge is 0.320 e. The molecule has 0 fully saturated rings. The number of nitrogens with zero attached hydrogens (tertiary/aromatic N) is 1. The lowest BCUT2D eigenvalue weighted by Gasteiger charge is -2.24. The van der Waals surface area contributed by atoms with Crippen LogP contribution in [0.15, 0.2) is 24.3 Å². The summed E-state index contributed by atoms with van der Waals surface area (Å²) in [6.45, 7) is 6.30. The van der Waals surface area contributed by atoms with E-state index in [1.165, 1.54) is 0 Å². The molecule has 2 N–H and O–H groups in total. The minimum Gasteiger partial charge on any atom is -0.320 e. The summed E-state index contributed by atoms with van der Waals surface area (Å²) in [5.41, 5.74) is 7.65. The number of benzene rings is 1. The van der Waals surface area contributed by atoms with E-state index >= 15 is 0 Å². The molecule has 1 aromatic rings. The van der Waals surface area contributed by atoms with E-state index in [1.54, 1.807) is 11.8 Å². The van der Waals surface area contributed by atoms with Crippen LogP contribution in [-0.2, 0) is 4.79 Å². The Morgan fingerprint density at radius 3 is 2.53 bits per heavy atom. The molecule has 0 bridgehead atoms. The van der Waals surface area contributed by atoms with Crippen LogP contribution in [0.5, 0.6) is 0 Å². The zero-order chi connectivity index (χ0) is 11.4. The van der Waals surface area contributed by atoms with Crippen LogP contribution in [0.4, 0.5) is 5.69 Å². The van der Waals surface area contributed by atoms with E-state index in [0.717, 1.165) is 11.3 Å². The number of anilines is 1. The molecule has 0 spiro atoms. The second-order valence-electron chi connectivity index (χ2n) is 3.66. The summed E-state index contributed by atoms with van der Waals surface area (Å²) in [6, 6.07) is 7.37. The molecule has 1 atom stereocenters. The van der Waals surface area contributed by atoms with Gasteiger partial charge < -0.3 is 10.6 Å². The molecule has 0 saturated carbocycles. The molecule has 1 amide bonds. The van der Waals surface area contributed by atoms with Crippen LogP contribution in [0.25, 0.3) is 0 Å². The molecule has 3 nitrogen and oxygen atoms in total. The fourth-order valence-electron chi connectivity index (χ4n) is 1.56. The maximum atomic E-state index is 11.8. The van der Waals surface area contributed by atoms with Crippen molar-refractivity contribution in [2.24, 2.45) is 5.73 Å². The van der Waals surface area contributed by atoms with Gasteiger partial charge in [0, 0.05) is 12.2 Å². The third-order valence-corrected chi connectivity index (χ3v) is 2.38. The third-order valence-electron chi connectivity index (χ3n) is 2.38. The Kier molecular flexibility index (Phi) is 3.86. The quantitative estimate of drug-likeness (QED) is 0.818. The number of rotatable bonds is 3. The summed E-state index contributed by atoms with van der Waals surface area (Å²) in [7, 11) is 0. The molecule has 0 saturated heterocycles. The van der Waals surface area contributed by atoms with Gasteiger partial charge in [-0.2, -0.15) is 0 Å². The minimum absolute atomic E-state index is 0.0354. The van der Waals surface area contributed by atoms with Crippen molar-refractivity contribution in [1.82, 2.24) is 0 Å². The first-order valence-corrected chi connectivity index (χ1v) is 5.20. The summed E-state index contributed by atoms with van der Waals surface area (Å²) in [6.07, 6.45) is 0. The molecule has 3 heteroatoms. The zero-order valence-corrected chi connectivity index (χ0v) is 9.53. The number of carbonyl (C=O) groups is 1. The number of para-hydroxylation sites is 1. The van der Waals surface area contributed by atoms with E-state index in [4.69, 9.17) is 5.73 Å². The number of hydrogen-bond donors (Lipinski definition) is 1. The summed E-state index contributed by atoms with van der Waals surface area (Å²) < 4.78 is 0. The van der Waals surface area contributed by atoms with Crippen molar-refractivity contribution in [3.63, 3.8) is 0 Å². The van der Waals surface area contributed by atoms with Crippen molar-refractivity contribution in [3.8, 4) is 0 Å². The first-order chi connectivity index (χ1) is 7.07. The second kappa shape index (κ2) is 4.94. The van der Waals surface area contributed by atoms with Gasteiger partial charge in [-0.3, -0.25) is 4.79 Å². The highest BCUT2D eigenvalue weighted by Gasteiger charge is 2.18. The van der Waals surface area contributed by atoms with Gasteiger partial charge in [-0.25, -0.2) is 0 Å². The van der Waals surface area contributed by atoms with Crippen molar-refractivity contribution < 1.29 is 4.79 Å². The van der Waals surface area contributed by atoms with Crippen LogP contribution in [0, 0.1) is 6.92 Å². The molecule has 0 unspecified atom stereocenters. The van der Waals surface area contributed by atoms with E-state index < -0.39 is 6.04 Å². The van der Waals surface area contributed by atoms with Crippen molar-refractivity contribution in [1.29, 1.82) is 0 Å². The van der Waals surface area contributed by atoms with Gasteiger partial charge in [0.2, 0.25) is 5.91 Å². The number of hydrogen-bond acceptors (Lipinski definition) is 2. The highest BCUT2D eigenvalue weighted by molar-refractivity contribution is 5.97. The van der Waals surface area contributed by atoms with E-state index in [1.807, 2.05) is 38.1 Å². The van der Waals surface area contributed by atoms with E-state index in [-0.39, 0.29) is 5.91 Å². The Balaban J connectivity index is 3.03. The summed E-state index contributed by atoms with van der Waals surface area (Å²) in [4.78, 5) is 13.5. The molecule has 0 heterocycles. The average Bonchev–Trinajstić information content (AvgIpc) is 2.21. The van der Waals surface area contributed by atoms with Gasteiger partial charge in [-0.1, -0.05) is 18.2 Å². The standard InChI is InChI=1S/C12H18N2O/c1-4-14(12(15)10(3)13)11-8-6-5-7-9(11)2/h5-8,10H,4,13H2,1-3H3/t10-/m1/s1. The van der Waals surface area contributed by atoms with Crippen LogP contribution in [0.3, 0.4) is 0 Å². The highest BCUT2D eigenvalue weighted by Crippen LogP contribution is 2.19. The maximum absolute atomic E-state index is 11.8. The lowest BCUT2D eigenvalue weighted by molar-refractivity contribution is -0.119. The van der Waals surface area contributed by atoms with Gasteiger partial charge >= 0.3 is 0 Å². The molecular formula is C12H18N2O. The summed E-state index contributed by atoms with van der Waals surface area (Å²) in [5, 5.41) is 0. The topological polar surface area (TPSA) is 46.3 Å². The van der Waals surface area contributed by atoms with Crippen LogP contribution in [0.1, 0.15) is 19.4 Å². The molecule has 0 aromatic heterocycles. The first kappa shape index (κ1) is 11.7. The van der Waals surface area contributed by atoms with Crippen molar-refractivity contribution in [2.45, 2.75) is 26.8 Å². The molecule has 0 aliphatic heterocycles. The van der Waals surface area contributed by atoms with Crippen molar-refractivity contribution in [3.05, 3.63) is 29.8 Å². The van der Waals surface area contributed by atoms with Crippen LogP contribution in [0.2, 0.25) is 0 Å². The number of amides is 1. The smallest absolute Gasteiger partial charge is 0.243 e. The molecule has 15 heavy (non-hydrogen) atoms. The Bertz CT molecular complexity index is 347. The lowest BCUT2D eigenvalue weighted by Crippen LogP contribution is -2.42. The van der Waals surface area contributed by atoms with Crippen LogP contribution < -0.4 is 10.6 Å². The molecule has 82 valence electrons. The lowest BCUT2D eigenvalue weighted by atomic mass is 10.1. The first-order valence-electron chi connectivity index (χ1n) is 5.20. The van der Waals surface area contributed by atoms with Gasteiger partial charge in [-0.15, -0.1) is 0 Å². The van der Waals surface area contributed by atoms with Crippen molar-refractivity contribution >= 4 is 11.6 Å². The maximum Gasteiger partial charge on any atom is 0.243 e. The Labute approximate surface area is 90.9 Å². The third kappa shape index (κ3) is 2.57. The Morgan fingerprint density at radius 2 is 2.07 bits per heavy atom. The van der Waals surface area contributed by atoms with E-state index in [0.29, 0.717) is 6.54 Å². The van der Waals surface area contributed by atoms with Crippen molar-refractivity contribution in [2.75, 3.05) is 11.4 Å². The SMILES string of the molecule is CCN(C(=O)[C@@H](C)N)c1ccccc1C. The highest BCUT2D eigenvalue weighted by atomic mass is 16.2. The molecule has 1 rings (SSSR count). The molecule has 1 aromatic carbocycles. The normalized spacial score (nSPS) is 12.3. The number of likely N-dealkylation sites (N-methyl/N-ethyl adjacent to an activating group) is 1. The van der Waals surface area contributed by atoms with E-state index in [2.05, 4.69) is 0 Å². The molecule has 0 aliphatic carbocycles. The van der Waals surface area contributed by atoms with Gasteiger partial charge in [0.25, 0.3) is 0 Å². The van der Waals surface area contributed by atoms with Gasteiger partial charge in [0.05, 0.1) is 6.04 Å². The fraction of sp³-hybridized carbons (Fsp3) is 0.417. The van der Waals surface area contributed by atoms with Gasteiger partial charge in [0.15, 0.2) is 0 Å². The molecular weight excluding hydrogens is 188 g/mol.